The minimum absolute atomic E-state index is 0.00405. The summed E-state index contributed by atoms with van der Waals surface area (Å²) in [6.45, 7) is 2.12. The summed E-state index contributed by atoms with van der Waals surface area (Å²) in [6.07, 6.45) is 1.62. The number of phenolic OH excluding ortho intramolecular Hbond substituents is 1. The maximum absolute atomic E-state index is 11.5. The highest BCUT2D eigenvalue weighted by molar-refractivity contribution is 8.03. The zero-order valence-electron chi connectivity index (χ0n) is 11.9. The van der Waals surface area contributed by atoms with E-state index in [2.05, 4.69) is 0 Å². The van der Waals surface area contributed by atoms with Crippen molar-refractivity contribution in [3.63, 3.8) is 0 Å². The highest BCUT2D eigenvalue weighted by Gasteiger charge is 2.26. The van der Waals surface area contributed by atoms with Crippen molar-refractivity contribution >= 4 is 34.8 Å². The van der Waals surface area contributed by atoms with Crippen molar-refractivity contribution in [3.05, 3.63) is 64.2 Å². The summed E-state index contributed by atoms with van der Waals surface area (Å²) in [5, 5.41) is 11.3. The van der Waals surface area contributed by atoms with Crippen LogP contribution in [-0.2, 0) is 11.3 Å². The van der Waals surface area contributed by atoms with Crippen LogP contribution in [-0.4, -0.2) is 10.9 Å². The summed E-state index contributed by atoms with van der Waals surface area (Å²) in [5.41, 5.74) is 1.94. The van der Waals surface area contributed by atoms with Crippen LogP contribution < -0.4 is 4.90 Å². The minimum Gasteiger partial charge on any atom is -0.508 e. The van der Waals surface area contributed by atoms with E-state index in [0.717, 1.165) is 21.2 Å². The van der Waals surface area contributed by atoms with E-state index in [9.17, 15) is 9.90 Å². The first kappa shape index (κ1) is 15.0. The molecule has 0 saturated carbocycles. The number of phenols is 1. The molecule has 112 valence electrons. The maximum Gasteiger partial charge on any atom is 0.155 e. The topological polar surface area (TPSA) is 40.5 Å². The number of hydrogen-bond acceptors (Lipinski definition) is 4. The fraction of sp³-hybridized carbons (Fsp3) is 0.118. The number of allylic oxidation sites excluding steroid dienone is 1. The number of benzene rings is 2. The van der Waals surface area contributed by atoms with Crippen LogP contribution in [0.3, 0.4) is 0 Å². The SMILES string of the molecule is CC(=O)/C=C1\Sc2ccc(O)cc2N1Cc1cccc(Cl)c1. The van der Waals surface area contributed by atoms with Gasteiger partial charge in [-0.1, -0.05) is 35.5 Å². The van der Waals surface area contributed by atoms with Gasteiger partial charge in [0.2, 0.25) is 0 Å². The van der Waals surface area contributed by atoms with Gasteiger partial charge in [-0.25, -0.2) is 0 Å². The van der Waals surface area contributed by atoms with Gasteiger partial charge in [0.15, 0.2) is 5.78 Å². The van der Waals surface area contributed by atoms with Gasteiger partial charge in [0.05, 0.1) is 10.7 Å². The van der Waals surface area contributed by atoms with Gasteiger partial charge >= 0.3 is 0 Å². The highest BCUT2D eigenvalue weighted by atomic mass is 35.5. The lowest BCUT2D eigenvalue weighted by Gasteiger charge is -2.20. The van der Waals surface area contributed by atoms with Gasteiger partial charge in [-0.3, -0.25) is 4.79 Å². The normalized spacial score (nSPS) is 15.2. The van der Waals surface area contributed by atoms with Gasteiger partial charge in [-0.05, 0) is 36.8 Å². The summed E-state index contributed by atoms with van der Waals surface area (Å²) in [5.74, 6) is 0.204. The van der Waals surface area contributed by atoms with Crippen LogP contribution in [0.4, 0.5) is 5.69 Å². The van der Waals surface area contributed by atoms with E-state index in [1.54, 1.807) is 18.2 Å². The van der Waals surface area contributed by atoms with Crippen molar-refractivity contribution in [2.24, 2.45) is 0 Å². The van der Waals surface area contributed by atoms with Crippen molar-refractivity contribution < 1.29 is 9.90 Å². The van der Waals surface area contributed by atoms with E-state index in [1.165, 1.54) is 18.7 Å². The molecule has 0 atom stereocenters. The molecule has 0 bridgehead atoms. The Balaban J connectivity index is 2.01. The molecule has 3 nitrogen and oxygen atoms in total. The van der Waals surface area contributed by atoms with Gasteiger partial charge in [0.25, 0.3) is 0 Å². The largest absolute Gasteiger partial charge is 0.508 e. The summed E-state index contributed by atoms with van der Waals surface area (Å²) < 4.78 is 0. The van der Waals surface area contributed by atoms with Gasteiger partial charge in [0.1, 0.15) is 5.75 Å². The van der Waals surface area contributed by atoms with Crippen LogP contribution in [0.15, 0.2) is 58.5 Å². The first-order valence-electron chi connectivity index (χ1n) is 6.78. The van der Waals surface area contributed by atoms with Gasteiger partial charge < -0.3 is 10.0 Å². The Morgan fingerprint density at radius 2 is 2.14 bits per heavy atom. The molecule has 1 aliphatic heterocycles. The third-order valence-electron chi connectivity index (χ3n) is 3.27. The molecular weight excluding hydrogens is 318 g/mol. The lowest BCUT2D eigenvalue weighted by molar-refractivity contribution is -0.112. The Kier molecular flexibility index (Phi) is 4.14. The molecule has 3 rings (SSSR count). The van der Waals surface area contributed by atoms with Crippen molar-refractivity contribution in [2.75, 3.05) is 4.90 Å². The zero-order chi connectivity index (χ0) is 15.7. The number of rotatable bonds is 3. The second kappa shape index (κ2) is 6.07. The van der Waals surface area contributed by atoms with Crippen molar-refractivity contribution in [2.45, 2.75) is 18.4 Å². The molecule has 0 saturated heterocycles. The standard InChI is InChI=1S/C17H14ClNO2S/c1-11(20)7-17-19(10-12-3-2-4-13(18)8-12)15-9-14(21)5-6-16(15)22-17/h2-9,21H,10H2,1H3/b17-7-. The number of thioether (sulfide) groups is 1. The molecule has 2 aromatic rings. The van der Waals surface area contributed by atoms with E-state index in [0.29, 0.717) is 11.6 Å². The van der Waals surface area contributed by atoms with Crippen LogP contribution in [0.2, 0.25) is 5.02 Å². The second-order valence-electron chi connectivity index (χ2n) is 5.06. The van der Waals surface area contributed by atoms with Crippen LogP contribution in [0, 0.1) is 0 Å². The number of anilines is 1. The van der Waals surface area contributed by atoms with Crippen LogP contribution in [0.25, 0.3) is 0 Å². The molecule has 5 heteroatoms. The van der Waals surface area contributed by atoms with Gasteiger partial charge in [0, 0.05) is 28.6 Å². The molecule has 1 N–H and O–H groups in total. The molecule has 0 amide bonds. The molecule has 0 fully saturated rings. The van der Waals surface area contributed by atoms with E-state index in [-0.39, 0.29) is 11.5 Å². The number of carbonyl (C=O) groups excluding carboxylic acids is 1. The van der Waals surface area contributed by atoms with Gasteiger partial charge in [-0.15, -0.1) is 0 Å². The molecule has 0 unspecified atom stereocenters. The monoisotopic (exact) mass is 331 g/mol. The average Bonchev–Trinajstić information content (AvgIpc) is 2.76. The number of nitrogens with zero attached hydrogens (tertiary/aromatic N) is 1. The van der Waals surface area contributed by atoms with E-state index < -0.39 is 0 Å². The molecule has 1 aliphatic rings. The smallest absolute Gasteiger partial charge is 0.155 e. The fourth-order valence-electron chi connectivity index (χ4n) is 2.35. The third kappa shape index (κ3) is 3.13. The number of hydrogen-bond donors (Lipinski definition) is 1. The lowest BCUT2D eigenvalue weighted by atomic mass is 10.2. The number of aromatic hydroxyl groups is 1. The van der Waals surface area contributed by atoms with Gasteiger partial charge in [-0.2, -0.15) is 0 Å². The molecule has 2 aromatic carbocycles. The van der Waals surface area contributed by atoms with Crippen molar-refractivity contribution in [1.29, 1.82) is 0 Å². The zero-order valence-corrected chi connectivity index (χ0v) is 13.5. The van der Waals surface area contributed by atoms with E-state index in [4.69, 9.17) is 11.6 Å². The molecule has 22 heavy (non-hydrogen) atoms. The first-order chi connectivity index (χ1) is 10.5. The molecule has 0 aliphatic carbocycles. The molecule has 0 aromatic heterocycles. The second-order valence-corrected chi connectivity index (χ2v) is 6.56. The quantitative estimate of drug-likeness (QED) is 0.835. The predicted molar refractivity (Wildman–Crippen MR) is 90.4 cm³/mol. The summed E-state index contributed by atoms with van der Waals surface area (Å²) in [6, 6.07) is 12.9. The predicted octanol–water partition coefficient (Wildman–Crippen LogP) is 4.59. The molecule has 1 heterocycles. The summed E-state index contributed by atoms with van der Waals surface area (Å²) in [7, 11) is 0. The Hall–Kier alpha value is -1.91. The number of carbonyl (C=O) groups is 1. The molecule has 0 radical (unpaired) electrons. The summed E-state index contributed by atoms with van der Waals surface area (Å²) in [4.78, 5) is 14.5. The third-order valence-corrected chi connectivity index (χ3v) is 4.62. The first-order valence-corrected chi connectivity index (χ1v) is 7.97. The van der Waals surface area contributed by atoms with Crippen LogP contribution >= 0.6 is 23.4 Å². The molecule has 0 spiro atoms. The number of halogens is 1. The fourth-order valence-corrected chi connectivity index (χ4v) is 3.70. The Labute approximate surface area is 138 Å². The average molecular weight is 332 g/mol. The number of fused-ring (bicyclic) bond motifs is 1. The van der Waals surface area contributed by atoms with E-state index in [1.807, 2.05) is 35.2 Å². The van der Waals surface area contributed by atoms with Crippen LogP contribution in [0.1, 0.15) is 12.5 Å². The molecular formula is C17H14ClNO2S. The highest BCUT2D eigenvalue weighted by Crippen LogP contribution is 2.47. The number of ketones is 1. The van der Waals surface area contributed by atoms with E-state index >= 15 is 0 Å². The Morgan fingerprint density at radius 1 is 1.32 bits per heavy atom. The maximum atomic E-state index is 11.5. The van der Waals surface area contributed by atoms with Crippen molar-refractivity contribution in [1.82, 2.24) is 0 Å². The summed E-state index contributed by atoms with van der Waals surface area (Å²) >= 11 is 7.57. The lowest BCUT2D eigenvalue weighted by Crippen LogP contribution is -2.17. The minimum atomic E-state index is -0.00405. The van der Waals surface area contributed by atoms with Crippen molar-refractivity contribution in [3.8, 4) is 5.75 Å². The Bertz CT molecular complexity index is 773. The Morgan fingerprint density at radius 3 is 2.86 bits per heavy atom. The van der Waals surface area contributed by atoms with Crippen LogP contribution in [0.5, 0.6) is 5.75 Å².